The SMILES string of the molecule is COc1ccc(/C=C/CCl)cn1. The maximum absolute atomic E-state index is 5.48. The van der Waals surface area contributed by atoms with Crippen molar-refractivity contribution in [1.82, 2.24) is 4.98 Å². The maximum atomic E-state index is 5.48. The molecule has 0 saturated heterocycles. The van der Waals surface area contributed by atoms with Crippen molar-refractivity contribution in [3.05, 3.63) is 30.0 Å². The molecule has 64 valence electrons. The Morgan fingerprint density at radius 1 is 1.58 bits per heavy atom. The number of hydrogen-bond acceptors (Lipinski definition) is 2. The van der Waals surface area contributed by atoms with Gasteiger partial charge in [-0.1, -0.05) is 12.2 Å². The minimum absolute atomic E-state index is 0.520. The van der Waals surface area contributed by atoms with E-state index in [1.54, 1.807) is 13.3 Å². The van der Waals surface area contributed by atoms with E-state index in [0.717, 1.165) is 5.56 Å². The summed E-state index contributed by atoms with van der Waals surface area (Å²) in [5.41, 5.74) is 1.02. The van der Waals surface area contributed by atoms with Gasteiger partial charge in [-0.3, -0.25) is 0 Å². The Morgan fingerprint density at radius 2 is 2.42 bits per heavy atom. The van der Waals surface area contributed by atoms with E-state index in [9.17, 15) is 0 Å². The second-order valence-electron chi connectivity index (χ2n) is 2.19. The Labute approximate surface area is 76.8 Å². The number of rotatable bonds is 3. The molecule has 0 fully saturated rings. The number of aromatic nitrogens is 1. The first-order chi connectivity index (χ1) is 5.86. The number of halogens is 1. The number of alkyl halides is 1. The van der Waals surface area contributed by atoms with Crippen LogP contribution in [0.2, 0.25) is 0 Å². The van der Waals surface area contributed by atoms with Gasteiger partial charge in [-0.25, -0.2) is 4.98 Å². The van der Waals surface area contributed by atoms with E-state index in [1.165, 1.54) is 0 Å². The summed E-state index contributed by atoms with van der Waals surface area (Å²) in [6.07, 6.45) is 5.52. The molecule has 0 saturated carbocycles. The summed E-state index contributed by atoms with van der Waals surface area (Å²) >= 11 is 5.48. The van der Waals surface area contributed by atoms with E-state index in [1.807, 2.05) is 24.3 Å². The highest BCUT2D eigenvalue weighted by Gasteiger charge is 1.90. The van der Waals surface area contributed by atoms with Crippen LogP contribution in [0.4, 0.5) is 0 Å². The van der Waals surface area contributed by atoms with Crippen LogP contribution in [-0.2, 0) is 0 Å². The molecule has 0 aromatic carbocycles. The molecule has 0 atom stereocenters. The molecule has 0 unspecified atom stereocenters. The van der Waals surface area contributed by atoms with E-state index >= 15 is 0 Å². The van der Waals surface area contributed by atoms with E-state index in [0.29, 0.717) is 11.8 Å². The zero-order chi connectivity index (χ0) is 8.81. The third-order valence-electron chi connectivity index (χ3n) is 1.37. The Hall–Kier alpha value is -1.02. The van der Waals surface area contributed by atoms with Gasteiger partial charge >= 0.3 is 0 Å². The minimum atomic E-state index is 0.520. The van der Waals surface area contributed by atoms with Crippen LogP contribution in [0.5, 0.6) is 5.88 Å². The fourth-order valence-electron chi connectivity index (χ4n) is 0.792. The minimum Gasteiger partial charge on any atom is -0.481 e. The Balaban J connectivity index is 2.71. The molecule has 1 heterocycles. The monoisotopic (exact) mass is 183 g/mol. The zero-order valence-corrected chi connectivity index (χ0v) is 7.58. The van der Waals surface area contributed by atoms with Crippen LogP contribution in [0.3, 0.4) is 0 Å². The first-order valence-corrected chi connectivity index (χ1v) is 4.13. The summed E-state index contributed by atoms with van der Waals surface area (Å²) < 4.78 is 4.91. The first-order valence-electron chi connectivity index (χ1n) is 3.59. The van der Waals surface area contributed by atoms with Gasteiger partial charge in [0.2, 0.25) is 5.88 Å². The van der Waals surface area contributed by atoms with Gasteiger partial charge in [0.05, 0.1) is 7.11 Å². The van der Waals surface area contributed by atoms with Crippen LogP contribution in [-0.4, -0.2) is 18.0 Å². The van der Waals surface area contributed by atoms with Crippen molar-refractivity contribution in [2.24, 2.45) is 0 Å². The standard InChI is InChI=1S/C9H10ClNO/c1-12-9-5-4-8(7-11-9)3-2-6-10/h2-5,7H,6H2,1H3/b3-2+. The number of allylic oxidation sites excluding steroid dienone is 1. The van der Waals surface area contributed by atoms with E-state index in [4.69, 9.17) is 16.3 Å². The number of ether oxygens (including phenoxy) is 1. The zero-order valence-electron chi connectivity index (χ0n) is 6.83. The lowest BCUT2D eigenvalue weighted by atomic mass is 10.3. The van der Waals surface area contributed by atoms with Gasteiger partial charge in [0.1, 0.15) is 0 Å². The molecule has 3 heteroatoms. The van der Waals surface area contributed by atoms with Crippen LogP contribution in [0.25, 0.3) is 6.08 Å². The van der Waals surface area contributed by atoms with Gasteiger partial charge in [-0.05, 0) is 11.6 Å². The summed E-state index contributed by atoms with van der Waals surface area (Å²) in [6, 6.07) is 3.74. The summed E-state index contributed by atoms with van der Waals surface area (Å²) in [7, 11) is 1.59. The van der Waals surface area contributed by atoms with Crippen LogP contribution in [0.1, 0.15) is 5.56 Å². The van der Waals surface area contributed by atoms with Crippen LogP contribution < -0.4 is 4.74 Å². The lowest BCUT2D eigenvalue weighted by Gasteiger charge is -1.97. The average Bonchev–Trinajstić information content (AvgIpc) is 2.15. The van der Waals surface area contributed by atoms with Gasteiger partial charge in [-0.2, -0.15) is 0 Å². The quantitative estimate of drug-likeness (QED) is 0.672. The Bertz CT molecular complexity index is 256. The van der Waals surface area contributed by atoms with Crippen molar-refractivity contribution < 1.29 is 4.74 Å². The lowest BCUT2D eigenvalue weighted by Crippen LogP contribution is -1.86. The highest BCUT2D eigenvalue weighted by Crippen LogP contribution is 2.07. The predicted octanol–water partition coefficient (Wildman–Crippen LogP) is 2.34. The highest BCUT2D eigenvalue weighted by molar-refractivity contribution is 6.19. The number of pyridine rings is 1. The largest absolute Gasteiger partial charge is 0.481 e. The molecular weight excluding hydrogens is 174 g/mol. The average molecular weight is 184 g/mol. The Kier molecular flexibility index (Phi) is 3.61. The van der Waals surface area contributed by atoms with Crippen molar-refractivity contribution in [1.29, 1.82) is 0 Å². The van der Waals surface area contributed by atoms with Crippen LogP contribution in [0.15, 0.2) is 24.4 Å². The van der Waals surface area contributed by atoms with Crippen molar-refractivity contribution in [3.8, 4) is 5.88 Å². The molecule has 0 amide bonds. The fourth-order valence-corrected chi connectivity index (χ4v) is 0.881. The third-order valence-corrected chi connectivity index (χ3v) is 1.55. The van der Waals surface area contributed by atoms with Crippen molar-refractivity contribution >= 4 is 17.7 Å². The molecular formula is C9H10ClNO. The van der Waals surface area contributed by atoms with Crippen molar-refractivity contribution in [3.63, 3.8) is 0 Å². The van der Waals surface area contributed by atoms with Gasteiger partial charge in [-0.15, -0.1) is 11.6 Å². The summed E-state index contributed by atoms with van der Waals surface area (Å²) in [5.74, 6) is 1.14. The van der Waals surface area contributed by atoms with Crippen molar-refractivity contribution in [2.75, 3.05) is 13.0 Å². The second kappa shape index (κ2) is 4.78. The van der Waals surface area contributed by atoms with Gasteiger partial charge in [0.15, 0.2) is 0 Å². The molecule has 12 heavy (non-hydrogen) atoms. The van der Waals surface area contributed by atoms with Gasteiger partial charge in [0.25, 0.3) is 0 Å². The van der Waals surface area contributed by atoms with E-state index in [-0.39, 0.29) is 0 Å². The van der Waals surface area contributed by atoms with Gasteiger partial charge in [0, 0.05) is 18.1 Å². The molecule has 0 aliphatic rings. The molecule has 0 bridgehead atoms. The lowest BCUT2D eigenvalue weighted by molar-refractivity contribution is 0.398. The van der Waals surface area contributed by atoms with Gasteiger partial charge < -0.3 is 4.74 Å². The number of hydrogen-bond donors (Lipinski definition) is 0. The fraction of sp³-hybridized carbons (Fsp3) is 0.222. The van der Waals surface area contributed by atoms with E-state index in [2.05, 4.69) is 4.98 Å². The topological polar surface area (TPSA) is 22.1 Å². The highest BCUT2D eigenvalue weighted by atomic mass is 35.5. The predicted molar refractivity (Wildman–Crippen MR) is 50.5 cm³/mol. The molecule has 2 nitrogen and oxygen atoms in total. The molecule has 1 rings (SSSR count). The summed E-state index contributed by atoms with van der Waals surface area (Å²) in [4.78, 5) is 4.03. The molecule has 0 spiro atoms. The molecule has 1 aromatic rings. The Morgan fingerprint density at radius 3 is 2.92 bits per heavy atom. The molecule has 0 N–H and O–H groups in total. The summed E-state index contributed by atoms with van der Waals surface area (Å²) in [6.45, 7) is 0. The normalized spacial score (nSPS) is 10.5. The van der Waals surface area contributed by atoms with E-state index < -0.39 is 0 Å². The van der Waals surface area contributed by atoms with Crippen molar-refractivity contribution in [2.45, 2.75) is 0 Å². The second-order valence-corrected chi connectivity index (χ2v) is 2.50. The van der Waals surface area contributed by atoms with Crippen LogP contribution >= 0.6 is 11.6 Å². The maximum Gasteiger partial charge on any atom is 0.212 e. The smallest absolute Gasteiger partial charge is 0.212 e. The molecule has 0 aliphatic carbocycles. The third kappa shape index (κ3) is 2.55. The molecule has 0 radical (unpaired) electrons. The number of nitrogens with zero attached hydrogens (tertiary/aromatic N) is 1. The van der Waals surface area contributed by atoms with Crippen LogP contribution in [0, 0.1) is 0 Å². The molecule has 0 aliphatic heterocycles. The first kappa shape index (κ1) is 9.07. The summed E-state index contributed by atoms with van der Waals surface area (Å²) in [5, 5.41) is 0. The molecule has 1 aromatic heterocycles. The number of methoxy groups -OCH3 is 1.